The van der Waals surface area contributed by atoms with Gasteiger partial charge in [-0.2, -0.15) is 8.78 Å². The van der Waals surface area contributed by atoms with Gasteiger partial charge < -0.3 is 5.73 Å². The summed E-state index contributed by atoms with van der Waals surface area (Å²) < 4.78 is 25.6. The SMILES string of the molecule is NCc1cc(F)c([N+](=O)[O-])c(F)c1. The van der Waals surface area contributed by atoms with Crippen LogP contribution in [-0.2, 0) is 6.54 Å². The Morgan fingerprint density at radius 2 is 1.85 bits per heavy atom. The molecule has 0 spiro atoms. The van der Waals surface area contributed by atoms with E-state index in [9.17, 15) is 18.9 Å². The number of nitrogens with zero attached hydrogens (tertiary/aromatic N) is 1. The number of nitro groups is 1. The first-order chi connectivity index (χ1) is 6.06. The van der Waals surface area contributed by atoms with E-state index in [1.807, 2.05) is 0 Å². The average Bonchev–Trinajstić information content (AvgIpc) is 2.02. The topological polar surface area (TPSA) is 69.2 Å². The molecule has 0 saturated carbocycles. The summed E-state index contributed by atoms with van der Waals surface area (Å²) in [5.41, 5.74) is 4.15. The Labute approximate surface area is 72.1 Å². The molecule has 0 unspecified atom stereocenters. The predicted octanol–water partition coefficient (Wildman–Crippen LogP) is 1.33. The molecule has 0 radical (unpaired) electrons. The van der Waals surface area contributed by atoms with Crippen molar-refractivity contribution in [2.75, 3.05) is 0 Å². The van der Waals surface area contributed by atoms with Crippen molar-refractivity contribution in [3.8, 4) is 0 Å². The van der Waals surface area contributed by atoms with E-state index in [1.54, 1.807) is 0 Å². The Morgan fingerprint density at radius 3 is 2.15 bits per heavy atom. The number of rotatable bonds is 2. The lowest BCUT2D eigenvalue weighted by molar-refractivity contribution is -0.390. The zero-order chi connectivity index (χ0) is 10.0. The van der Waals surface area contributed by atoms with Crippen molar-refractivity contribution in [1.29, 1.82) is 0 Å². The van der Waals surface area contributed by atoms with Crippen LogP contribution in [0.3, 0.4) is 0 Å². The van der Waals surface area contributed by atoms with Gasteiger partial charge in [-0.15, -0.1) is 0 Å². The minimum absolute atomic E-state index is 0.0637. The molecule has 13 heavy (non-hydrogen) atoms. The second-order valence-corrected chi connectivity index (χ2v) is 2.37. The van der Waals surface area contributed by atoms with Gasteiger partial charge in [0, 0.05) is 6.54 Å². The first kappa shape index (κ1) is 9.53. The third-order valence-electron chi connectivity index (χ3n) is 1.49. The summed E-state index contributed by atoms with van der Waals surface area (Å²) in [5.74, 6) is -2.41. The smallest absolute Gasteiger partial charge is 0.326 e. The average molecular weight is 188 g/mol. The van der Waals surface area contributed by atoms with Gasteiger partial charge in [-0.1, -0.05) is 0 Å². The quantitative estimate of drug-likeness (QED) is 0.562. The summed E-state index contributed by atoms with van der Waals surface area (Å²) in [6.07, 6.45) is 0. The van der Waals surface area contributed by atoms with Crippen LogP contribution in [-0.4, -0.2) is 4.92 Å². The van der Waals surface area contributed by atoms with E-state index < -0.39 is 22.2 Å². The van der Waals surface area contributed by atoms with Crippen molar-refractivity contribution in [2.45, 2.75) is 6.54 Å². The van der Waals surface area contributed by atoms with Gasteiger partial charge in [0.05, 0.1) is 4.92 Å². The minimum atomic E-state index is -1.20. The summed E-state index contributed by atoms with van der Waals surface area (Å²) in [4.78, 5) is 9.03. The van der Waals surface area contributed by atoms with Crippen LogP contribution < -0.4 is 5.73 Å². The molecule has 1 aromatic carbocycles. The van der Waals surface area contributed by atoms with Crippen LogP contribution in [0.15, 0.2) is 12.1 Å². The van der Waals surface area contributed by atoms with Gasteiger partial charge in [0.1, 0.15) is 0 Å². The summed E-state index contributed by atoms with van der Waals surface area (Å²) in [7, 11) is 0. The molecule has 0 saturated heterocycles. The summed E-state index contributed by atoms with van der Waals surface area (Å²) >= 11 is 0. The van der Waals surface area contributed by atoms with Gasteiger partial charge in [-0.3, -0.25) is 10.1 Å². The van der Waals surface area contributed by atoms with E-state index in [1.165, 1.54) is 0 Å². The normalized spacial score (nSPS) is 10.1. The van der Waals surface area contributed by atoms with Crippen molar-refractivity contribution >= 4 is 5.69 Å². The van der Waals surface area contributed by atoms with Gasteiger partial charge in [0.15, 0.2) is 0 Å². The van der Waals surface area contributed by atoms with Gasteiger partial charge in [0.25, 0.3) is 0 Å². The molecule has 6 heteroatoms. The highest BCUT2D eigenvalue weighted by Crippen LogP contribution is 2.22. The van der Waals surface area contributed by atoms with Gasteiger partial charge >= 0.3 is 5.69 Å². The van der Waals surface area contributed by atoms with Crippen molar-refractivity contribution < 1.29 is 13.7 Å². The number of nitrogens with two attached hydrogens (primary N) is 1. The zero-order valence-electron chi connectivity index (χ0n) is 6.46. The van der Waals surface area contributed by atoms with Gasteiger partial charge in [-0.05, 0) is 17.7 Å². The highest BCUT2D eigenvalue weighted by atomic mass is 19.1. The standard InChI is InChI=1S/C7H6F2N2O2/c8-5-1-4(3-10)2-6(9)7(5)11(12)13/h1-2H,3,10H2. The Morgan fingerprint density at radius 1 is 1.38 bits per heavy atom. The lowest BCUT2D eigenvalue weighted by Gasteiger charge is -1.99. The zero-order valence-corrected chi connectivity index (χ0v) is 6.46. The largest absolute Gasteiger partial charge is 0.340 e. The predicted molar refractivity (Wildman–Crippen MR) is 40.9 cm³/mol. The van der Waals surface area contributed by atoms with E-state index in [2.05, 4.69) is 0 Å². The van der Waals surface area contributed by atoms with Gasteiger partial charge in [0.2, 0.25) is 11.6 Å². The molecule has 0 aliphatic carbocycles. The third kappa shape index (κ3) is 1.78. The molecule has 2 N–H and O–H groups in total. The fraction of sp³-hybridized carbons (Fsp3) is 0.143. The monoisotopic (exact) mass is 188 g/mol. The Kier molecular flexibility index (Phi) is 2.52. The van der Waals surface area contributed by atoms with E-state index in [4.69, 9.17) is 5.73 Å². The third-order valence-corrected chi connectivity index (χ3v) is 1.49. The Hall–Kier alpha value is -1.56. The maximum atomic E-state index is 12.8. The first-order valence-electron chi connectivity index (χ1n) is 3.38. The second-order valence-electron chi connectivity index (χ2n) is 2.37. The molecule has 1 rings (SSSR count). The molecule has 0 fully saturated rings. The van der Waals surface area contributed by atoms with E-state index in [0.717, 1.165) is 12.1 Å². The van der Waals surface area contributed by atoms with Crippen LogP contribution in [0.25, 0.3) is 0 Å². The lowest BCUT2D eigenvalue weighted by Crippen LogP contribution is -2.02. The molecule has 0 bridgehead atoms. The molecule has 0 amide bonds. The molecule has 0 aliphatic heterocycles. The van der Waals surface area contributed by atoms with E-state index in [0.29, 0.717) is 0 Å². The van der Waals surface area contributed by atoms with Crippen LogP contribution in [0.5, 0.6) is 0 Å². The maximum absolute atomic E-state index is 12.8. The van der Waals surface area contributed by atoms with Crippen LogP contribution >= 0.6 is 0 Å². The molecule has 0 heterocycles. The van der Waals surface area contributed by atoms with Crippen LogP contribution in [0.4, 0.5) is 14.5 Å². The molecular formula is C7H6F2N2O2. The number of halogens is 2. The fourth-order valence-electron chi connectivity index (χ4n) is 0.910. The number of nitro benzene ring substituents is 1. The Balaban J connectivity index is 3.31. The number of hydrogen-bond donors (Lipinski definition) is 1. The minimum Gasteiger partial charge on any atom is -0.326 e. The molecule has 1 aromatic rings. The van der Waals surface area contributed by atoms with Crippen molar-refractivity contribution in [1.82, 2.24) is 0 Å². The van der Waals surface area contributed by atoms with E-state index in [-0.39, 0.29) is 12.1 Å². The van der Waals surface area contributed by atoms with Crippen molar-refractivity contribution in [2.24, 2.45) is 5.73 Å². The molecule has 4 nitrogen and oxygen atoms in total. The van der Waals surface area contributed by atoms with E-state index >= 15 is 0 Å². The highest BCUT2D eigenvalue weighted by molar-refractivity contribution is 5.36. The summed E-state index contributed by atoms with van der Waals surface area (Å²) in [5, 5.41) is 10.1. The van der Waals surface area contributed by atoms with Crippen LogP contribution in [0.2, 0.25) is 0 Å². The van der Waals surface area contributed by atoms with Gasteiger partial charge in [-0.25, -0.2) is 0 Å². The van der Waals surface area contributed by atoms with Crippen LogP contribution in [0, 0.1) is 21.7 Å². The molecule has 70 valence electrons. The van der Waals surface area contributed by atoms with Crippen molar-refractivity contribution in [3.63, 3.8) is 0 Å². The summed E-state index contributed by atoms with van der Waals surface area (Å²) in [6.45, 7) is -0.0637. The number of benzene rings is 1. The Bertz CT molecular complexity index is 331. The lowest BCUT2D eigenvalue weighted by atomic mass is 10.2. The molecule has 0 atom stereocenters. The fourth-order valence-corrected chi connectivity index (χ4v) is 0.910. The number of hydrogen-bond acceptors (Lipinski definition) is 3. The second kappa shape index (κ2) is 3.44. The van der Waals surface area contributed by atoms with Crippen LogP contribution in [0.1, 0.15) is 5.56 Å². The maximum Gasteiger partial charge on any atom is 0.340 e. The molecule has 0 aromatic heterocycles. The first-order valence-corrected chi connectivity index (χ1v) is 3.38. The van der Waals surface area contributed by atoms with Crippen molar-refractivity contribution in [3.05, 3.63) is 39.4 Å². The molecular weight excluding hydrogens is 182 g/mol. The highest BCUT2D eigenvalue weighted by Gasteiger charge is 2.21. The molecule has 0 aliphatic rings. The summed E-state index contributed by atoms with van der Waals surface area (Å²) in [6, 6.07) is 1.70.